The predicted molar refractivity (Wildman–Crippen MR) is 62.3 cm³/mol. The molecule has 0 aliphatic heterocycles. The van der Waals surface area contributed by atoms with Crippen LogP contribution in [0.1, 0.15) is 19.4 Å². The van der Waals surface area contributed by atoms with Crippen LogP contribution in [-0.2, 0) is 6.42 Å². The number of para-hydroxylation sites is 1. The molecular formula is C12H20N2. The second kappa shape index (κ2) is 5.66. The molecule has 0 heterocycles. The van der Waals surface area contributed by atoms with Gasteiger partial charge in [-0.05, 0) is 31.1 Å². The number of anilines is 1. The summed E-state index contributed by atoms with van der Waals surface area (Å²) in [5.74, 6) is 0. The van der Waals surface area contributed by atoms with Crippen molar-refractivity contribution >= 4 is 5.69 Å². The number of nitrogen functional groups attached to an aromatic ring is 1. The van der Waals surface area contributed by atoms with Crippen molar-refractivity contribution in [2.75, 3.05) is 25.4 Å². The van der Waals surface area contributed by atoms with E-state index in [1.54, 1.807) is 0 Å². The Hall–Kier alpha value is -1.02. The van der Waals surface area contributed by atoms with Crippen LogP contribution in [0.25, 0.3) is 0 Å². The summed E-state index contributed by atoms with van der Waals surface area (Å²) in [5.41, 5.74) is 8.05. The molecule has 0 aromatic heterocycles. The SMILES string of the molecule is CCN(CC)CCc1ccccc1N. The van der Waals surface area contributed by atoms with Crippen LogP contribution < -0.4 is 5.73 Å². The van der Waals surface area contributed by atoms with Gasteiger partial charge in [0, 0.05) is 12.2 Å². The highest BCUT2D eigenvalue weighted by Gasteiger charge is 2.01. The second-order valence-corrected chi connectivity index (χ2v) is 3.48. The summed E-state index contributed by atoms with van der Waals surface area (Å²) in [5, 5.41) is 0. The minimum Gasteiger partial charge on any atom is -0.399 e. The van der Waals surface area contributed by atoms with Crippen LogP contribution in [0.3, 0.4) is 0 Å². The van der Waals surface area contributed by atoms with E-state index in [9.17, 15) is 0 Å². The van der Waals surface area contributed by atoms with Gasteiger partial charge in [0.05, 0.1) is 0 Å². The molecule has 0 spiro atoms. The van der Waals surface area contributed by atoms with Crippen LogP contribution in [0, 0.1) is 0 Å². The van der Waals surface area contributed by atoms with E-state index in [0.717, 1.165) is 31.7 Å². The second-order valence-electron chi connectivity index (χ2n) is 3.48. The molecule has 2 N–H and O–H groups in total. The average Bonchev–Trinajstić information content (AvgIpc) is 2.22. The number of likely N-dealkylation sites (N-methyl/N-ethyl adjacent to an activating group) is 1. The van der Waals surface area contributed by atoms with Crippen LogP contribution in [0.15, 0.2) is 24.3 Å². The van der Waals surface area contributed by atoms with Gasteiger partial charge in [0.15, 0.2) is 0 Å². The summed E-state index contributed by atoms with van der Waals surface area (Å²) < 4.78 is 0. The molecule has 0 aliphatic carbocycles. The minimum atomic E-state index is 0.916. The summed E-state index contributed by atoms with van der Waals surface area (Å²) in [6.07, 6.45) is 1.05. The van der Waals surface area contributed by atoms with Gasteiger partial charge in [-0.2, -0.15) is 0 Å². The molecule has 0 atom stereocenters. The molecular weight excluding hydrogens is 172 g/mol. The molecule has 78 valence electrons. The van der Waals surface area contributed by atoms with Gasteiger partial charge in [-0.25, -0.2) is 0 Å². The fourth-order valence-electron chi connectivity index (χ4n) is 1.58. The normalized spacial score (nSPS) is 10.8. The van der Waals surface area contributed by atoms with Crippen molar-refractivity contribution in [2.24, 2.45) is 0 Å². The van der Waals surface area contributed by atoms with E-state index in [-0.39, 0.29) is 0 Å². The van der Waals surface area contributed by atoms with Crippen molar-refractivity contribution < 1.29 is 0 Å². The Balaban J connectivity index is 2.49. The Morgan fingerprint density at radius 1 is 1.14 bits per heavy atom. The molecule has 0 saturated heterocycles. The first-order chi connectivity index (χ1) is 6.77. The van der Waals surface area contributed by atoms with Crippen LogP contribution in [0.5, 0.6) is 0 Å². The van der Waals surface area contributed by atoms with E-state index in [2.05, 4.69) is 24.8 Å². The molecule has 0 radical (unpaired) electrons. The van der Waals surface area contributed by atoms with Crippen molar-refractivity contribution in [3.8, 4) is 0 Å². The lowest BCUT2D eigenvalue weighted by atomic mass is 10.1. The molecule has 2 nitrogen and oxygen atoms in total. The van der Waals surface area contributed by atoms with Gasteiger partial charge in [0.1, 0.15) is 0 Å². The molecule has 14 heavy (non-hydrogen) atoms. The first-order valence-corrected chi connectivity index (χ1v) is 5.33. The molecule has 2 heteroatoms. The van der Waals surface area contributed by atoms with Gasteiger partial charge in [0.25, 0.3) is 0 Å². The zero-order valence-electron chi connectivity index (χ0n) is 9.16. The number of rotatable bonds is 5. The highest BCUT2D eigenvalue weighted by molar-refractivity contribution is 5.46. The highest BCUT2D eigenvalue weighted by Crippen LogP contribution is 2.11. The van der Waals surface area contributed by atoms with E-state index in [1.807, 2.05) is 18.2 Å². The smallest absolute Gasteiger partial charge is 0.0347 e. The largest absolute Gasteiger partial charge is 0.399 e. The quantitative estimate of drug-likeness (QED) is 0.724. The molecule has 0 saturated carbocycles. The molecule has 0 amide bonds. The molecule has 0 aliphatic rings. The van der Waals surface area contributed by atoms with Crippen LogP contribution in [0.4, 0.5) is 5.69 Å². The van der Waals surface area contributed by atoms with E-state index in [4.69, 9.17) is 5.73 Å². The van der Waals surface area contributed by atoms with Gasteiger partial charge in [-0.15, -0.1) is 0 Å². The first kappa shape index (κ1) is 11.1. The van der Waals surface area contributed by atoms with Gasteiger partial charge >= 0.3 is 0 Å². The molecule has 0 bridgehead atoms. The summed E-state index contributed by atoms with van der Waals surface area (Å²) >= 11 is 0. The summed E-state index contributed by atoms with van der Waals surface area (Å²) in [4.78, 5) is 2.41. The number of hydrogen-bond acceptors (Lipinski definition) is 2. The summed E-state index contributed by atoms with van der Waals surface area (Å²) in [6, 6.07) is 8.11. The number of benzene rings is 1. The molecule has 1 rings (SSSR count). The van der Waals surface area contributed by atoms with Gasteiger partial charge in [0.2, 0.25) is 0 Å². The number of nitrogens with zero attached hydrogens (tertiary/aromatic N) is 1. The maximum Gasteiger partial charge on any atom is 0.0347 e. The highest BCUT2D eigenvalue weighted by atomic mass is 15.1. The van der Waals surface area contributed by atoms with Gasteiger partial charge in [-0.3, -0.25) is 0 Å². The Bertz CT molecular complexity index is 267. The Kier molecular flexibility index (Phi) is 4.47. The van der Waals surface area contributed by atoms with Crippen LogP contribution in [-0.4, -0.2) is 24.5 Å². The fourth-order valence-corrected chi connectivity index (χ4v) is 1.58. The van der Waals surface area contributed by atoms with Gasteiger partial charge < -0.3 is 10.6 Å². The zero-order valence-corrected chi connectivity index (χ0v) is 9.16. The van der Waals surface area contributed by atoms with Crippen LogP contribution >= 0.6 is 0 Å². The summed E-state index contributed by atoms with van der Waals surface area (Å²) in [7, 11) is 0. The fraction of sp³-hybridized carbons (Fsp3) is 0.500. The van der Waals surface area contributed by atoms with Gasteiger partial charge in [-0.1, -0.05) is 32.0 Å². The molecule has 1 aromatic carbocycles. The van der Waals surface area contributed by atoms with Crippen molar-refractivity contribution in [1.82, 2.24) is 4.90 Å². The molecule has 0 unspecified atom stereocenters. The number of hydrogen-bond donors (Lipinski definition) is 1. The number of nitrogens with two attached hydrogens (primary N) is 1. The van der Waals surface area contributed by atoms with E-state index < -0.39 is 0 Å². The minimum absolute atomic E-state index is 0.916. The van der Waals surface area contributed by atoms with Crippen molar-refractivity contribution in [3.63, 3.8) is 0 Å². The third kappa shape index (κ3) is 3.04. The predicted octanol–water partition coefficient (Wildman–Crippen LogP) is 2.15. The van der Waals surface area contributed by atoms with E-state index in [1.165, 1.54) is 5.56 Å². The van der Waals surface area contributed by atoms with E-state index >= 15 is 0 Å². The average molecular weight is 192 g/mol. The first-order valence-electron chi connectivity index (χ1n) is 5.33. The summed E-state index contributed by atoms with van der Waals surface area (Å²) in [6.45, 7) is 7.71. The molecule has 0 fully saturated rings. The topological polar surface area (TPSA) is 29.3 Å². The van der Waals surface area contributed by atoms with Crippen molar-refractivity contribution in [3.05, 3.63) is 29.8 Å². The van der Waals surface area contributed by atoms with Crippen molar-refractivity contribution in [1.29, 1.82) is 0 Å². The Morgan fingerprint density at radius 2 is 1.79 bits per heavy atom. The lowest BCUT2D eigenvalue weighted by Crippen LogP contribution is -2.25. The lowest BCUT2D eigenvalue weighted by molar-refractivity contribution is 0.308. The Morgan fingerprint density at radius 3 is 2.36 bits per heavy atom. The third-order valence-corrected chi connectivity index (χ3v) is 2.65. The lowest BCUT2D eigenvalue weighted by Gasteiger charge is -2.18. The zero-order chi connectivity index (χ0) is 10.4. The van der Waals surface area contributed by atoms with Crippen molar-refractivity contribution in [2.45, 2.75) is 20.3 Å². The Labute approximate surface area is 86.7 Å². The van der Waals surface area contributed by atoms with Crippen LogP contribution in [0.2, 0.25) is 0 Å². The monoisotopic (exact) mass is 192 g/mol. The maximum absolute atomic E-state index is 5.87. The third-order valence-electron chi connectivity index (χ3n) is 2.65. The molecule has 1 aromatic rings. The standard InChI is InChI=1S/C12H20N2/c1-3-14(4-2)10-9-11-7-5-6-8-12(11)13/h5-8H,3-4,9-10,13H2,1-2H3. The van der Waals surface area contributed by atoms with E-state index in [0.29, 0.717) is 0 Å². The maximum atomic E-state index is 5.87.